The van der Waals surface area contributed by atoms with Crippen LogP contribution in [0.25, 0.3) is 0 Å². The SMILES string of the molecule is C/C(=N/NC(=O)CNC1CCCCC1)c1ccc2c(c1)OCCO2. The van der Waals surface area contributed by atoms with Crippen molar-refractivity contribution in [3.05, 3.63) is 23.8 Å². The Morgan fingerprint density at radius 3 is 2.71 bits per heavy atom. The highest BCUT2D eigenvalue weighted by atomic mass is 16.6. The summed E-state index contributed by atoms with van der Waals surface area (Å²) in [6.45, 7) is 3.29. The van der Waals surface area contributed by atoms with Crippen molar-refractivity contribution in [1.29, 1.82) is 0 Å². The third kappa shape index (κ3) is 4.47. The van der Waals surface area contributed by atoms with Crippen molar-refractivity contribution in [2.45, 2.75) is 45.1 Å². The monoisotopic (exact) mass is 331 g/mol. The van der Waals surface area contributed by atoms with Crippen LogP contribution in [0.4, 0.5) is 0 Å². The van der Waals surface area contributed by atoms with Crippen LogP contribution in [0.1, 0.15) is 44.6 Å². The number of ether oxygens (including phenoxy) is 2. The molecule has 0 saturated heterocycles. The Labute approximate surface area is 142 Å². The maximum Gasteiger partial charge on any atom is 0.254 e. The second-order valence-electron chi connectivity index (χ2n) is 6.31. The molecule has 1 heterocycles. The van der Waals surface area contributed by atoms with E-state index < -0.39 is 0 Å². The molecule has 1 fully saturated rings. The Balaban J connectivity index is 1.50. The molecule has 130 valence electrons. The molecule has 3 rings (SSSR count). The zero-order chi connectivity index (χ0) is 16.8. The van der Waals surface area contributed by atoms with Gasteiger partial charge in [0.1, 0.15) is 13.2 Å². The maximum atomic E-state index is 11.9. The van der Waals surface area contributed by atoms with E-state index in [9.17, 15) is 4.79 Å². The molecule has 0 unspecified atom stereocenters. The van der Waals surface area contributed by atoms with E-state index in [1.807, 2.05) is 25.1 Å². The van der Waals surface area contributed by atoms with Gasteiger partial charge < -0.3 is 14.8 Å². The summed E-state index contributed by atoms with van der Waals surface area (Å²) in [7, 11) is 0. The van der Waals surface area contributed by atoms with E-state index in [4.69, 9.17) is 9.47 Å². The minimum absolute atomic E-state index is 0.113. The van der Waals surface area contributed by atoms with Crippen molar-refractivity contribution in [3.63, 3.8) is 0 Å². The van der Waals surface area contributed by atoms with Gasteiger partial charge in [0.15, 0.2) is 11.5 Å². The molecule has 0 bridgehead atoms. The largest absolute Gasteiger partial charge is 0.486 e. The van der Waals surface area contributed by atoms with Crippen LogP contribution in [0.3, 0.4) is 0 Å². The lowest BCUT2D eigenvalue weighted by atomic mass is 9.95. The standard InChI is InChI=1S/C18H25N3O3/c1-13(14-7-8-16-17(11-14)24-10-9-23-16)20-21-18(22)12-19-15-5-3-2-4-6-15/h7-8,11,15,19H,2-6,9-10,12H2,1H3,(H,21,22)/b20-13-. The molecule has 2 N–H and O–H groups in total. The van der Waals surface area contributed by atoms with Gasteiger partial charge in [-0.3, -0.25) is 4.79 Å². The van der Waals surface area contributed by atoms with Crippen molar-refractivity contribution in [3.8, 4) is 11.5 Å². The minimum Gasteiger partial charge on any atom is -0.486 e. The van der Waals surface area contributed by atoms with E-state index in [1.54, 1.807) is 0 Å². The molecule has 1 saturated carbocycles. The zero-order valence-electron chi connectivity index (χ0n) is 14.1. The van der Waals surface area contributed by atoms with Crippen LogP contribution in [0, 0.1) is 0 Å². The molecule has 0 radical (unpaired) electrons. The lowest BCUT2D eigenvalue weighted by molar-refractivity contribution is -0.120. The predicted molar refractivity (Wildman–Crippen MR) is 92.7 cm³/mol. The summed E-state index contributed by atoms with van der Waals surface area (Å²) in [5.41, 5.74) is 4.25. The van der Waals surface area contributed by atoms with Crippen LogP contribution in [-0.4, -0.2) is 37.4 Å². The summed E-state index contributed by atoms with van der Waals surface area (Å²) >= 11 is 0. The molecule has 6 heteroatoms. The molecule has 6 nitrogen and oxygen atoms in total. The van der Waals surface area contributed by atoms with E-state index >= 15 is 0 Å². The Hall–Kier alpha value is -2.08. The van der Waals surface area contributed by atoms with Crippen molar-refractivity contribution in [2.24, 2.45) is 5.10 Å². The van der Waals surface area contributed by atoms with E-state index in [-0.39, 0.29) is 5.91 Å². The number of amides is 1. The quantitative estimate of drug-likeness (QED) is 0.641. The Morgan fingerprint density at radius 2 is 1.92 bits per heavy atom. The van der Waals surface area contributed by atoms with Gasteiger partial charge in [-0.15, -0.1) is 0 Å². The van der Waals surface area contributed by atoms with Gasteiger partial charge in [0, 0.05) is 11.6 Å². The van der Waals surface area contributed by atoms with Gasteiger partial charge in [-0.25, -0.2) is 5.43 Å². The summed E-state index contributed by atoms with van der Waals surface area (Å²) in [4.78, 5) is 11.9. The Bertz CT molecular complexity index is 610. The summed E-state index contributed by atoms with van der Waals surface area (Å²) in [6, 6.07) is 6.14. The lowest BCUT2D eigenvalue weighted by Gasteiger charge is -2.22. The number of hydrogen-bond donors (Lipinski definition) is 2. The summed E-state index contributed by atoms with van der Waals surface area (Å²) in [5, 5.41) is 7.50. The van der Waals surface area contributed by atoms with Gasteiger partial charge in [-0.1, -0.05) is 19.3 Å². The normalized spacial score (nSPS) is 18.3. The van der Waals surface area contributed by atoms with Crippen LogP contribution in [-0.2, 0) is 4.79 Å². The van der Waals surface area contributed by atoms with Crippen molar-refractivity contribution in [1.82, 2.24) is 10.7 Å². The Kier molecular flexibility index (Phi) is 5.69. The average Bonchev–Trinajstić information content (AvgIpc) is 2.65. The molecular formula is C18H25N3O3. The highest BCUT2D eigenvalue weighted by molar-refractivity contribution is 5.99. The van der Waals surface area contributed by atoms with Crippen LogP contribution in [0.2, 0.25) is 0 Å². The molecule has 0 atom stereocenters. The third-order valence-electron chi connectivity index (χ3n) is 4.46. The number of nitrogens with zero attached hydrogens (tertiary/aromatic N) is 1. The van der Waals surface area contributed by atoms with E-state index in [1.165, 1.54) is 19.3 Å². The first-order valence-electron chi connectivity index (χ1n) is 8.69. The molecular weight excluding hydrogens is 306 g/mol. The number of nitrogens with one attached hydrogen (secondary N) is 2. The summed E-state index contributed by atoms with van der Waals surface area (Å²) in [6.07, 6.45) is 6.13. The zero-order valence-corrected chi connectivity index (χ0v) is 14.1. The fraction of sp³-hybridized carbons (Fsp3) is 0.556. The number of benzene rings is 1. The molecule has 0 spiro atoms. The fourth-order valence-corrected chi connectivity index (χ4v) is 3.06. The van der Waals surface area contributed by atoms with E-state index in [0.29, 0.717) is 25.8 Å². The molecule has 0 aromatic heterocycles. The molecule has 1 aliphatic heterocycles. The number of hydrazone groups is 1. The van der Waals surface area contributed by atoms with Crippen LogP contribution < -0.4 is 20.2 Å². The fourth-order valence-electron chi connectivity index (χ4n) is 3.06. The second-order valence-corrected chi connectivity index (χ2v) is 6.31. The van der Waals surface area contributed by atoms with Gasteiger partial charge in [0.2, 0.25) is 0 Å². The van der Waals surface area contributed by atoms with Crippen molar-refractivity contribution < 1.29 is 14.3 Å². The first-order chi connectivity index (χ1) is 11.7. The van der Waals surface area contributed by atoms with Gasteiger partial charge in [-0.05, 0) is 38.0 Å². The van der Waals surface area contributed by atoms with Gasteiger partial charge >= 0.3 is 0 Å². The first kappa shape index (κ1) is 16.8. The topological polar surface area (TPSA) is 72.0 Å². The number of carbonyl (C=O) groups excluding carboxylic acids is 1. The summed E-state index contributed by atoms with van der Waals surface area (Å²) < 4.78 is 11.1. The van der Waals surface area contributed by atoms with E-state index in [0.717, 1.165) is 35.6 Å². The first-order valence-corrected chi connectivity index (χ1v) is 8.69. The molecule has 24 heavy (non-hydrogen) atoms. The van der Waals surface area contributed by atoms with Crippen molar-refractivity contribution >= 4 is 11.6 Å². The van der Waals surface area contributed by atoms with Gasteiger partial charge in [0.25, 0.3) is 5.91 Å². The lowest BCUT2D eigenvalue weighted by Crippen LogP contribution is -2.38. The van der Waals surface area contributed by atoms with Crippen LogP contribution in [0.15, 0.2) is 23.3 Å². The van der Waals surface area contributed by atoms with E-state index in [2.05, 4.69) is 15.8 Å². The van der Waals surface area contributed by atoms with Crippen LogP contribution in [0.5, 0.6) is 11.5 Å². The maximum absolute atomic E-state index is 11.9. The van der Waals surface area contributed by atoms with Gasteiger partial charge in [-0.2, -0.15) is 5.10 Å². The molecule has 2 aliphatic rings. The number of rotatable bonds is 5. The van der Waals surface area contributed by atoms with Gasteiger partial charge in [0.05, 0.1) is 12.3 Å². The molecule has 1 aromatic carbocycles. The smallest absolute Gasteiger partial charge is 0.254 e. The molecule has 1 aromatic rings. The van der Waals surface area contributed by atoms with Crippen molar-refractivity contribution in [2.75, 3.05) is 19.8 Å². The Morgan fingerprint density at radius 1 is 1.17 bits per heavy atom. The predicted octanol–water partition coefficient (Wildman–Crippen LogP) is 2.22. The number of fused-ring (bicyclic) bond motifs is 1. The molecule has 1 amide bonds. The number of hydrogen-bond acceptors (Lipinski definition) is 5. The third-order valence-corrected chi connectivity index (χ3v) is 4.46. The highest BCUT2D eigenvalue weighted by Crippen LogP contribution is 2.30. The minimum atomic E-state index is -0.113. The van der Waals surface area contributed by atoms with Crippen LogP contribution >= 0.6 is 0 Å². The second kappa shape index (κ2) is 8.15. The highest BCUT2D eigenvalue weighted by Gasteiger charge is 2.14. The average molecular weight is 331 g/mol. The molecule has 1 aliphatic carbocycles. The number of carbonyl (C=O) groups is 1. The summed E-state index contributed by atoms with van der Waals surface area (Å²) in [5.74, 6) is 1.36.